The van der Waals surface area contributed by atoms with Crippen molar-refractivity contribution in [3.8, 4) is 0 Å². The van der Waals surface area contributed by atoms with E-state index >= 15 is 0 Å². The molecule has 1 fully saturated rings. The highest BCUT2D eigenvalue weighted by atomic mass is 16.5. The van der Waals surface area contributed by atoms with Crippen LogP contribution in [0.3, 0.4) is 0 Å². The van der Waals surface area contributed by atoms with Gasteiger partial charge < -0.3 is 14.6 Å². The molecule has 1 aromatic carbocycles. The first kappa shape index (κ1) is 18.0. The van der Waals surface area contributed by atoms with Gasteiger partial charge in [-0.05, 0) is 74.9 Å². The maximum Gasteiger partial charge on any atom is 0.337 e. The zero-order chi connectivity index (χ0) is 17.6. The van der Waals surface area contributed by atoms with Crippen molar-refractivity contribution in [3.05, 3.63) is 35.5 Å². The zero-order valence-corrected chi connectivity index (χ0v) is 14.9. The fraction of sp³-hybridized carbons (Fsp3) is 0.550. The molecule has 3 rings (SSSR count). The molecule has 135 valence electrons. The van der Waals surface area contributed by atoms with Gasteiger partial charge in [0.2, 0.25) is 0 Å². The van der Waals surface area contributed by atoms with Gasteiger partial charge in [0.05, 0.1) is 19.3 Å². The van der Waals surface area contributed by atoms with Gasteiger partial charge in [0.25, 0.3) is 0 Å². The second-order valence-electron chi connectivity index (χ2n) is 7.00. The van der Waals surface area contributed by atoms with Crippen LogP contribution in [0.25, 0.3) is 10.9 Å². The second-order valence-corrected chi connectivity index (χ2v) is 7.00. The largest absolute Gasteiger partial charge is 0.465 e. The van der Waals surface area contributed by atoms with Gasteiger partial charge in [-0.1, -0.05) is 0 Å². The number of ether oxygens (including phenoxy) is 1. The number of piperidine rings is 1. The van der Waals surface area contributed by atoms with Gasteiger partial charge in [0.1, 0.15) is 0 Å². The molecule has 1 unspecified atom stereocenters. The summed E-state index contributed by atoms with van der Waals surface area (Å²) in [6.07, 6.45) is 7.52. The number of rotatable bonds is 7. The third-order valence-corrected chi connectivity index (χ3v) is 5.20. The summed E-state index contributed by atoms with van der Waals surface area (Å²) < 4.78 is 4.81. The van der Waals surface area contributed by atoms with Crippen LogP contribution in [0.4, 0.5) is 0 Å². The van der Waals surface area contributed by atoms with Crippen LogP contribution in [0.5, 0.6) is 0 Å². The third kappa shape index (κ3) is 4.41. The Labute approximate surface area is 149 Å². The topological polar surface area (TPSA) is 65.2 Å². The average molecular weight is 343 g/mol. The molecule has 2 aromatic rings. The number of aryl methyl sites for hydroxylation is 1. The first-order valence-electron chi connectivity index (χ1n) is 9.20. The molecule has 1 aromatic heterocycles. The lowest BCUT2D eigenvalue weighted by Crippen LogP contribution is -2.37. The smallest absolute Gasteiger partial charge is 0.337 e. The summed E-state index contributed by atoms with van der Waals surface area (Å²) in [6, 6.07) is 5.63. The highest BCUT2D eigenvalue weighted by Crippen LogP contribution is 2.22. The van der Waals surface area contributed by atoms with Crippen molar-refractivity contribution in [2.45, 2.75) is 32.1 Å². The zero-order valence-electron chi connectivity index (χ0n) is 14.9. The van der Waals surface area contributed by atoms with Crippen molar-refractivity contribution in [1.82, 2.24) is 9.88 Å². The fourth-order valence-electron chi connectivity index (χ4n) is 3.77. The Morgan fingerprint density at radius 1 is 1.36 bits per heavy atom. The number of carbonyl (C=O) groups excluding carboxylic acids is 1. The average Bonchev–Trinajstić information content (AvgIpc) is 3.07. The van der Waals surface area contributed by atoms with Crippen molar-refractivity contribution in [2.24, 2.45) is 5.92 Å². The summed E-state index contributed by atoms with van der Waals surface area (Å²) in [4.78, 5) is 17.4. The molecule has 1 atom stereocenters. The molecule has 0 spiro atoms. The van der Waals surface area contributed by atoms with E-state index in [4.69, 9.17) is 4.74 Å². The van der Waals surface area contributed by atoms with Crippen LogP contribution in [-0.2, 0) is 16.3 Å². The van der Waals surface area contributed by atoms with Gasteiger partial charge >= 0.3 is 5.97 Å². The van der Waals surface area contributed by atoms with E-state index in [1.807, 2.05) is 18.3 Å². The van der Waals surface area contributed by atoms with Crippen molar-refractivity contribution >= 4 is 16.9 Å². The van der Waals surface area contributed by atoms with Gasteiger partial charge in [-0.2, -0.15) is 0 Å². The maximum atomic E-state index is 11.7. The van der Waals surface area contributed by atoms with E-state index in [1.54, 1.807) is 6.07 Å². The van der Waals surface area contributed by atoms with Crippen molar-refractivity contribution in [3.63, 3.8) is 0 Å². The summed E-state index contributed by atoms with van der Waals surface area (Å²) in [6.45, 7) is 3.24. The summed E-state index contributed by atoms with van der Waals surface area (Å²) >= 11 is 0. The van der Waals surface area contributed by atoms with Crippen LogP contribution < -0.4 is 0 Å². The number of nitrogens with one attached hydrogen (secondary N) is 1. The molecular formula is C20H27N2O3. The molecule has 5 heteroatoms. The Morgan fingerprint density at radius 2 is 2.24 bits per heavy atom. The Kier molecular flexibility index (Phi) is 6.10. The van der Waals surface area contributed by atoms with Crippen LogP contribution in [0, 0.1) is 5.92 Å². The molecular weight excluding hydrogens is 316 g/mol. The number of methoxy groups -OCH3 is 1. The van der Waals surface area contributed by atoms with Crippen LogP contribution in [0.2, 0.25) is 0 Å². The number of H-pyrrole nitrogens is 1. The number of unbranched alkanes of at least 4 members (excludes halogenated alkanes) is 1. The SMILES string of the molecule is COC(=O)c1ccc2[nH]cc(CCCCN3CCCC(C[O])C3)c2c1. The number of carbonyl (C=O) groups is 1. The monoisotopic (exact) mass is 343 g/mol. The lowest BCUT2D eigenvalue weighted by Gasteiger charge is -2.31. The van der Waals surface area contributed by atoms with Crippen molar-refractivity contribution < 1.29 is 14.6 Å². The van der Waals surface area contributed by atoms with Crippen LogP contribution in [0.1, 0.15) is 41.6 Å². The number of hydrogen-bond acceptors (Lipinski definition) is 3. The minimum Gasteiger partial charge on any atom is -0.465 e. The fourth-order valence-corrected chi connectivity index (χ4v) is 3.77. The Hall–Kier alpha value is -1.85. The van der Waals surface area contributed by atoms with Crippen molar-refractivity contribution in [2.75, 3.05) is 33.4 Å². The van der Waals surface area contributed by atoms with Crippen molar-refractivity contribution in [1.29, 1.82) is 0 Å². The predicted molar refractivity (Wildman–Crippen MR) is 97.3 cm³/mol. The second kappa shape index (κ2) is 8.50. The first-order chi connectivity index (χ1) is 12.2. The highest BCUT2D eigenvalue weighted by molar-refractivity contribution is 5.95. The highest BCUT2D eigenvalue weighted by Gasteiger charge is 2.19. The minimum absolute atomic E-state index is 0.0639. The third-order valence-electron chi connectivity index (χ3n) is 5.20. The number of benzene rings is 1. The number of fused-ring (bicyclic) bond motifs is 1. The lowest BCUT2D eigenvalue weighted by molar-refractivity contribution is 0.0601. The van der Waals surface area contributed by atoms with Crippen LogP contribution in [0.15, 0.2) is 24.4 Å². The Morgan fingerprint density at radius 3 is 3.04 bits per heavy atom. The molecule has 0 saturated carbocycles. The summed E-state index contributed by atoms with van der Waals surface area (Å²) in [7, 11) is 1.41. The number of likely N-dealkylation sites (tertiary alicyclic amines) is 1. The van der Waals surface area contributed by atoms with Gasteiger partial charge in [-0.15, -0.1) is 0 Å². The van der Waals surface area contributed by atoms with Crippen LogP contribution in [-0.4, -0.2) is 49.2 Å². The summed E-state index contributed by atoms with van der Waals surface area (Å²) in [5.74, 6) is 0.0474. The van der Waals surface area contributed by atoms with E-state index in [-0.39, 0.29) is 12.6 Å². The van der Waals surface area contributed by atoms with Gasteiger partial charge in [0.15, 0.2) is 0 Å². The van der Waals surface area contributed by atoms with E-state index in [9.17, 15) is 9.90 Å². The summed E-state index contributed by atoms with van der Waals surface area (Å²) in [5, 5.41) is 12.2. The number of aromatic amines is 1. The molecule has 1 saturated heterocycles. The molecule has 25 heavy (non-hydrogen) atoms. The molecule has 5 nitrogen and oxygen atoms in total. The molecule has 1 N–H and O–H groups in total. The molecule has 0 amide bonds. The number of aromatic nitrogens is 1. The molecule has 0 aliphatic carbocycles. The van der Waals surface area contributed by atoms with Gasteiger partial charge in [-0.25, -0.2) is 9.90 Å². The first-order valence-corrected chi connectivity index (χ1v) is 9.20. The van der Waals surface area contributed by atoms with E-state index in [1.165, 1.54) is 12.7 Å². The molecule has 1 radical (unpaired) electrons. The van der Waals surface area contributed by atoms with E-state index < -0.39 is 0 Å². The molecule has 1 aliphatic rings. The minimum atomic E-state index is -0.299. The Balaban J connectivity index is 1.53. The number of nitrogens with zero attached hydrogens (tertiary/aromatic N) is 1. The maximum absolute atomic E-state index is 11.7. The molecule has 2 heterocycles. The van der Waals surface area contributed by atoms with Gasteiger partial charge in [0, 0.05) is 23.6 Å². The molecule has 1 aliphatic heterocycles. The van der Waals surface area contributed by atoms with E-state index in [2.05, 4.69) is 9.88 Å². The van der Waals surface area contributed by atoms with E-state index in [0.717, 1.165) is 62.6 Å². The predicted octanol–water partition coefficient (Wildman–Crippen LogP) is 3.42. The normalized spacial score (nSPS) is 18.6. The van der Waals surface area contributed by atoms with Crippen LogP contribution >= 0.6 is 0 Å². The molecule has 0 bridgehead atoms. The quantitative estimate of drug-likeness (QED) is 0.619. The summed E-state index contributed by atoms with van der Waals surface area (Å²) in [5.41, 5.74) is 2.89. The lowest BCUT2D eigenvalue weighted by atomic mass is 9.98. The standard InChI is InChI=1S/C20H27N2O3/c1-25-20(24)16-7-8-19-18(11-16)17(12-21-19)6-2-3-9-22-10-4-5-15(13-22)14-23/h7-8,11-12,15,21H,2-6,9-10,13-14H2,1H3. The van der Waals surface area contributed by atoms with E-state index in [0.29, 0.717) is 11.5 Å². The number of hydrogen-bond donors (Lipinski definition) is 1. The Bertz CT molecular complexity index is 710. The number of esters is 1. The van der Waals surface area contributed by atoms with Gasteiger partial charge in [-0.3, -0.25) is 0 Å².